The number of hydrogen-bond donors (Lipinski definition) is 0. The molecule has 1 unspecified atom stereocenters. The van der Waals surface area contributed by atoms with Crippen LogP contribution in [0.25, 0.3) is 0 Å². The van der Waals surface area contributed by atoms with Gasteiger partial charge in [-0.2, -0.15) is 5.10 Å². The highest BCUT2D eigenvalue weighted by molar-refractivity contribution is 7.11. The molecule has 21 heavy (non-hydrogen) atoms. The van der Waals surface area contributed by atoms with Crippen molar-refractivity contribution in [2.24, 2.45) is 0 Å². The molecule has 0 radical (unpaired) electrons. The van der Waals surface area contributed by atoms with Gasteiger partial charge in [-0.1, -0.05) is 0 Å². The molecule has 0 bridgehead atoms. The molecule has 0 N–H and O–H groups in total. The minimum atomic E-state index is 0.0904. The molecular formula is C15H20N4OS. The van der Waals surface area contributed by atoms with Gasteiger partial charge in [0.2, 0.25) is 0 Å². The van der Waals surface area contributed by atoms with Crippen LogP contribution in [-0.2, 0) is 6.54 Å². The van der Waals surface area contributed by atoms with E-state index < -0.39 is 0 Å². The zero-order valence-corrected chi connectivity index (χ0v) is 13.3. The normalized spacial score (nSPS) is 19.0. The third kappa shape index (κ3) is 3.00. The van der Waals surface area contributed by atoms with Gasteiger partial charge in [0.15, 0.2) is 0 Å². The van der Waals surface area contributed by atoms with E-state index in [1.165, 1.54) is 4.88 Å². The second-order valence-electron chi connectivity index (χ2n) is 5.48. The lowest BCUT2D eigenvalue weighted by Crippen LogP contribution is -2.39. The first-order valence-electron chi connectivity index (χ1n) is 7.41. The third-order valence-electron chi connectivity index (χ3n) is 3.90. The van der Waals surface area contributed by atoms with Gasteiger partial charge < -0.3 is 4.90 Å². The fourth-order valence-corrected chi connectivity index (χ4v) is 3.65. The van der Waals surface area contributed by atoms with Gasteiger partial charge in [-0.25, -0.2) is 4.98 Å². The maximum atomic E-state index is 12.6. The Morgan fingerprint density at radius 1 is 1.48 bits per heavy atom. The van der Waals surface area contributed by atoms with Gasteiger partial charge in [0.05, 0.1) is 16.8 Å². The standard InChI is InChI=1S/C15H20N4OS/c1-3-19-10-13(8-17-19)15(20)18-6-4-5-12(9-18)14-16-7-11(2)21-14/h7-8,10,12H,3-6,9H2,1-2H3. The number of thiazole rings is 1. The zero-order chi connectivity index (χ0) is 14.8. The number of likely N-dealkylation sites (tertiary alicyclic amines) is 1. The molecule has 5 nitrogen and oxygen atoms in total. The number of aromatic nitrogens is 3. The molecule has 0 aromatic carbocycles. The van der Waals surface area contributed by atoms with Crippen LogP contribution in [0.15, 0.2) is 18.6 Å². The van der Waals surface area contributed by atoms with E-state index in [2.05, 4.69) is 17.0 Å². The van der Waals surface area contributed by atoms with E-state index >= 15 is 0 Å². The minimum absolute atomic E-state index is 0.0904. The van der Waals surface area contributed by atoms with Crippen LogP contribution < -0.4 is 0 Å². The molecule has 0 spiro atoms. The van der Waals surface area contributed by atoms with Crippen LogP contribution in [0.3, 0.4) is 0 Å². The largest absolute Gasteiger partial charge is 0.338 e. The number of amides is 1. The summed E-state index contributed by atoms with van der Waals surface area (Å²) in [6.07, 6.45) is 7.58. The first kappa shape index (κ1) is 14.3. The highest BCUT2D eigenvalue weighted by atomic mass is 32.1. The molecule has 1 fully saturated rings. The zero-order valence-electron chi connectivity index (χ0n) is 12.5. The van der Waals surface area contributed by atoms with Crippen LogP contribution in [0.2, 0.25) is 0 Å². The first-order valence-corrected chi connectivity index (χ1v) is 8.23. The van der Waals surface area contributed by atoms with Crippen molar-refractivity contribution >= 4 is 17.2 Å². The highest BCUT2D eigenvalue weighted by Gasteiger charge is 2.27. The summed E-state index contributed by atoms with van der Waals surface area (Å²) in [7, 11) is 0. The number of nitrogens with zero attached hydrogens (tertiary/aromatic N) is 4. The summed E-state index contributed by atoms with van der Waals surface area (Å²) in [5.74, 6) is 0.468. The van der Waals surface area contributed by atoms with Gasteiger partial charge in [-0.05, 0) is 26.7 Å². The second kappa shape index (κ2) is 5.97. The van der Waals surface area contributed by atoms with E-state index in [0.717, 1.165) is 37.5 Å². The Balaban J connectivity index is 1.72. The number of hydrogen-bond acceptors (Lipinski definition) is 4. The predicted octanol–water partition coefficient (Wildman–Crippen LogP) is 2.69. The Labute approximate surface area is 128 Å². The van der Waals surface area contributed by atoms with E-state index in [1.54, 1.807) is 22.2 Å². The van der Waals surface area contributed by atoms with Gasteiger partial charge in [-0.15, -0.1) is 11.3 Å². The molecule has 1 aliphatic heterocycles. The molecule has 3 rings (SSSR count). The molecule has 1 amide bonds. The van der Waals surface area contributed by atoms with Crippen molar-refractivity contribution in [3.63, 3.8) is 0 Å². The summed E-state index contributed by atoms with van der Waals surface area (Å²) in [6.45, 7) is 6.48. The van der Waals surface area contributed by atoms with Gasteiger partial charge >= 0.3 is 0 Å². The van der Waals surface area contributed by atoms with Crippen molar-refractivity contribution in [2.45, 2.75) is 39.2 Å². The van der Waals surface area contributed by atoms with Gasteiger partial charge in [0, 0.05) is 42.8 Å². The Morgan fingerprint density at radius 3 is 3.00 bits per heavy atom. The molecule has 1 saturated heterocycles. The molecule has 1 atom stereocenters. The summed E-state index contributed by atoms with van der Waals surface area (Å²) < 4.78 is 1.79. The maximum Gasteiger partial charge on any atom is 0.257 e. The Kier molecular flexibility index (Phi) is 4.05. The summed E-state index contributed by atoms with van der Waals surface area (Å²) in [5.41, 5.74) is 0.688. The van der Waals surface area contributed by atoms with E-state index in [0.29, 0.717) is 11.5 Å². The van der Waals surface area contributed by atoms with Crippen molar-refractivity contribution in [1.29, 1.82) is 0 Å². The second-order valence-corrected chi connectivity index (χ2v) is 6.75. The van der Waals surface area contributed by atoms with E-state index in [1.807, 2.05) is 24.2 Å². The molecule has 112 valence electrons. The predicted molar refractivity (Wildman–Crippen MR) is 82.6 cm³/mol. The fourth-order valence-electron chi connectivity index (χ4n) is 2.75. The van der Waals surface area contributed by atoms with Crippen LogP contribution in [-0.4, -0.2) is 38.7 Å². The molecule has 6 heteroatoms. The molecule has 2 aromatic heterocycles. The van der Waals surface area contributed by atoms with Crippen LogP contribution in [0.1, 0.15) is 45.9 Å². The topological polar surface area (TPSA) is 51.0 Å². The van der Waals surface area contributed by atoms with Crippen molar-refractivity contribution < 1.29 is 4.79 Å². The molecule has 0 aliphatic carbocycles. The molecule has 3 heterocycles. The van der Waals surface area contributed by atoms with Crippen LogP contribution >= 0.6 is 11.3 Å². The first-order chi connectivity index (χ1) is 10.2. The number of aryl methyl sites for hydroxylation is 2. The van der Waals surface area contributed by atoms with Gasteiger partial charge in [0.1, 0.15) is 0 Å². The van der Waals surface area contributed by atoms with Gasteiger partial charge in [0.25, 0.3) is 5.91 Å². The smallest absolute Gasteiger partial charge is 0.257 e. The van der Waals surface area contributed by atoms with Crippen molar-refractivity contribution in [2.75, 3.05) is 13.1 Å². The highest BCUT2D eigenvalue weighted by Crippen LogP contribution is 2.30. The third-order valence-corrected chi connectivity index (χ3v) is 4.98. The van der Waals surface area contributed by atoms with E-state index in [-0.39, 0.29) is 5.91 Å². The lowest BCUT2D eigenvalue weighted by molar-refractivity contribution is 0.0707. The Hall–Kier alpha value is -1.69. The lowest BCUT2D eigenvalue weighted by Gasteiger charge is -2.31. The summed E-state index contributed by atoms with van der Waals surface area (Å²) >= 11 is 1.75. The summed E-state index contributed by atoms with van der Waals surface area (Å²) in [4.78, 5) is 20.2. The summed E-state index contributed by atoms with van der Waals surface area (Å²) in [5, 5.41) is 5.35. The van der Waals surface area contributed by atoms with Crippen LogP contribution in [0.5, 0.6) is 0 Å². The number of carbonyl (C=O) groups excluding carboxylic acids is 1. The molecule has 2 aromatic rings. The Bertz CT molecular complexity index is 633. The average Bonchev–Trinajstić information content (AvgIpc) is 3.15. The summed E-state index contributed by atoms with van der Waals surface area (Å²) in [6, 6.07) is 0. The molecule has 0 saturated carbocycles. The van der Waals surface area contributed by atoms with E-state index in [9.17, 15) is 4.79 Å². The van der Waals surface area contributed by atoms with Crippen LogP contribution in [0, 0.1) is 6.92 Å². The van der Waals surface area contributed by atoms with Gasteiger partial charge in [-0.3, -0.25) is 9.48 Å². The Morgan fingerprint density at radius 2 is 2.33 bits per heavy atom. The van der Waals surface area contributed by atoms with Crippen molar-refractivity contribution in [1.82, 2.24) is 19.7 Å². The minimum Gasteiger partial charge on any atom is -0.338 e. The number of piperidine rings is 1. The van der Waals surface area contributed by atoms with Crippen molar-refractivity contribution in [3.05, 3.63) is 34.0 Å². The quantitative estimate of drug-likeness (QED) is 0.876. The van der Waals surface area contributed by atoms with E-state index in [4.69, 9.17) is 0 Å². The number of carbonyl (C=O) groups is 1. The lowest BCUT2D eigenvalue weighted by atomic mass is 9.98. The SMILES string of the molecule is CCn1cc(C(=O)N2CCCC(c3ncc(C)s3)C2)cn1. The maximum absolute atomic E-state index is 12.6. The average molecular weight is 304 g/mol. The van der Waals surface area contributed by atoms with Crippen LogP contribution in [0.4, 0.5) is 0 Å². The molecular weight excluding hydrogens is 284 g/mol. The molecule has 1 aliphatic rings. The number of rotatable bonds is 3. The van der Waals surface area contributed by atoms with Crippen molar-refractivity contribution in [3.8, 4) is 0 Å². The monoisotopic (exact) mass is 304 g/mol. The fraction of sp³-hybridized carbons (Fsp3) is 0.533.